The number of anilines is 1. The third-order valence-electron chi connectivity index (χ3n) is 8.30. The van der Waals surface area contributed by atoms with E-state index < -0.39 is 17.6 Å². The van der Waals surface area contributed by atoms with Crippen molar-refractivity contribution in [3.63, 3.8) is 0 Å². The van der Waals surface area contributed by atoms with Crippen molar-refractivity contribution in [1.82, 2.24) is 9.88 Å². The summed E-state index contributed by atoms with van der Waals surface area (Å²) in [6, 6.07) is 4.32. The second kappa shape index (κ2) is 9.65. The molecule has 2 aliphatic carbocycles. The topological polar surface area (TPSA) is 54.5 Å². The molecule has 2 saturated carbocycles. The number of methoxy groups -OCH3 is 1. The van der Waals surface area contributed by atoms with Crippen molar-refractivity contribution in [3.8, 4) is 11.1 Å². The van der Waals surface area contributed by atoms with Crippen LogP contribution in [0.5, 0.6) is 0 Å². The summed E-state index contributed by atoms with van der Waals surface area (Å²) in [7, 11) is 1.72. The number of likely N-dealkylation sites (tertiary alicyclic amines) is 1. The lowest BCUT2D eigenvalue weighted by molar-refractivity contribution is -0.0828. The van der Waals surface area contributed by atoms with Crippen molar-refractivity contribution in [2.75, 3.05) is 25.5 Å². The Balaban J connectivity index is 1.41. The Kier molecular flexibility index (Phi) is 6.70. The van der Waals surface area contributed by atoms with Gasteiger partial charge in [0.1, 0.15) is 11.6 Å². The summed E-state index contributed by atoms with van der Waals surface area (Å²) in [6.07, 6.45) is 5.36. The molecule has 1 aromatic heterocycles. The Morgan fingerprint density at radius 3 is 2.42 bits per heavy atom. The largest absolute Gasteiger partial charge is 0.381 e. The predicted octanol–water partition coefficient (Wildman–Crippen LogP) is 6.74. The molecule has 1 aliphatic heterocycles. The van der Waals surface area contributed by atoms with E-state index in [1.165, 1.54) is 12.3 Å². The fourth-order valence-corrected chi connectivity index (χ4v) is 6.01. The highest BCUT2D eigenvalue weighted by atomic mass is 19.3. The molecule has 0 atom stereocenters. The molecule has 0 radical (unpaired) electrons. The molecular formula is C27H31F4N3O2. The minimum atomic E-state index is -2.72. The summed E-state index contributed by atoms with van der Waals surface area (Å²) in [5, 5.41) is 2.92. The van der Waals surface area contributed by atoms with E-state index in [2.05, 4.69) is 10.3 Å². The third kappa shape index (κ3) is 4.94. The van der Waals surface area contributed by atoms with Gasteiger partial charge in [0.15, 0.2) is 0 Å². The van der Waals surface area contributed by atoms with E-state index in [9.17, 15) is 22.4 Å². The Labute approximate surface area is 208 Å². The lowest BCUT2D eigenvalue weighted by Crippen LogP contribution is -2.51. The normalized spacial score (nSPS) is 21.9. The zero-order valence-electron chi connectivity index (χ0n) is 20.3. The fraction of sp³-hybridized carbons (Fsp3) is 0.556. The summed E-state index contributed by atoms with van der Waals surface area (Å²) >= 11 is 0. The Hall–Kier alpha value is -2.68. The molecule has 3 fully saturated rings. The summed E-state index contributed by atoms with van der Waals surface area (Å²) in [4.78, 5) is 19.5. The van der Waals surface area contributed by atoms with Crippen molar-refractivity contribution < 1.29 is 27.1 Å². The van der Waals surface area contributed by atoms with Gasteiger partial charge in [0.2, 0.25) is 5.92 Å². The Bertz CT molecular complexity index is 1120. The number of rotatable bonds is 4. The number of amides is 2. The number of benzene rings is 1. The smallest absolute Gasteiger partial charge is 0.321 e. The molecule has 2 amide bonds. The molecule has 1 aromatic carbocycles. The number of alkyl halides is 2. The van der Waals surface area contributed by atoms with Crippen LogP contribution in [0.15, 0.2) is 30.5 Å². The van der Waals surface area contributed by atoms with Gasteiger partial charge in [-0.05, 0) is 68.2 Å². The van der Waals surface area contributed by atoms with Crippen molar-refractivity contribution >= 4 is 11.7 Å². The summed E-state index contributed by atoms with van der Waals surface area (Å²) < 4.78 is 61.9. The standard InChI is InChI=1S/C27H31F4N3O2/c1-36-19-15-26(16-19)9-12-34(13-10-26)25(35)33-24-20(21-14-18(28)2-3-22(21)29)6-11-32-23(24)17-4-7-27(30,31)8-5-17/h2-3,6,11,14,17,19H,4-5,7-10,12-13,15-16H2,1H3,(H,33,35). The van der Waals surface area contributed by atoms with Crippen molar-refractivity contribution in [2.45, 2.75) is 69.3 Å². The monoisotopic (exact) mass is 505 g/mol. The molecule has 1 N–H and O–H groups in total. The number of halogens is 4. The SMILES string of the molecule is COC1CC2(CCN(C(=O)Nc3c(-c4cc(F)ccc4F)ccnc3C3CCC(F)(F)CC3)CC2)C1. The number of nitrogens with zero attached hydrogens (tertiary/aromatic N) is 2. The zero-order valence-corrected chi connectivity index (χ0v) is 20.3. The van der Waals surface area contributed by atoms with Crippen LogP contribution in [0.4, 0.5) is 28.0 Å². The van der Waals surface area contributed by atoms with Crippen LogP contribution < -0.4 is 5.32 Å². The van der Waals surface area contributed by atoms with Crippen LogP contribution in [0, 0.1) is 17.0 Å². The highest BCUT2D eigenvalue weighted by Gasteiger charge is 2.46. The highest BCUT2D eigenvalue weighted by molar-refractivity contribution is 5.95. The number of hydrogen-bond donors (Lipinski definition) is 1. The van der Waals surface area contributed by atoms with Crippen LogP contribution in [0.3, 0.4) is 0 Å². The first-order valence-electron chi connectivity index (χ1n) is 12.6. The Morgan fingerprint density at radius 2 is 1.75 bits per heavy atom. The molecule has 194 valence electrons. The molecule has 2 heterocycles. The van der Waals surface area contributed by atoms with Gasteiger partial charge in [-0.25, -0.2) is 22.4 Å². The van der Waals surface area contributed by atoms with Gasteiger partial charge >= 0.3 is 6.03 Å². The third-order valence-corrected chi connectivity index (χ3v) is 8.30. The fourth-order valence-electron chi connectivity index (χ4n) is 6.01. The molecule has 0 bridgehead atoms. The van der Waals surface area contributed by atoms with Gasteiger partial charge in [-0.3, -0.25) is 4.98 Å². The van der Waals surface area contributed by atoms with Crippen LogP contribution in [0.2, 0.25) is 0 Å². The van der Waals surface area contributed by atoms with Crippen LogP contribution in [0.25, 0.3) is 11.1 Å². The number of urea groups is 1. The number of nitrogens with one attached hydrogen (secondary N) is 1. The van der Waals surface area contributed by atoms with Gasteiger partial charge in [0, 0.05) is 56.3 Å². The summed E-state index contributed by atoms with van der Waals surface area (Å²) in [5.41, 5.74) is 1.21. The van der Waals surface area contributed by atoms with Crippen LogP contribution >= 0.6 is 0 Å². The summed E-state index contributed by atoms with van der Waals surface area (Å²) in [6.45, 7) is 1.16. The quantitative estimate of drug-likeness (QED) is 0.468. The number of aromatic nitrogens is 1. The average Bonchev–Trinajstić information content (AvgIpc) is 2.84. The van der Waals surface area contributed by atoms with Crippen LogP contribution in [-0.4, -0.2) is 48.1 Å². The summed E-state index contributed by atoms with van der Waals surface area (Å²) in [5.74, 6) is -4.30. The second-order valence-corrected chi connectivity index (χ2v) is 10.6. The number of ether oxygens (including phenoxy) is 1. The van der Waals surface area contributed by atoms with E-state index >= 15 is 0 Å². The first-order chi connectivity index (χ1) is 17.2. The van der Waals surface area contributed by atoms with Gasteiger partial charge in [-0.2, -0.15) is 0 Å². The molecule has 5 nitrogen and oxygen atoms in total. The molecule has 3 aliphatic rings. The molecular weight excluding hydrogens is 474 g/mol. The maximum atomic E-state index is 14.8. The lowest BCUT2D eigenvalue weighted by atomic mass is 9.61. The van der Waals surface area contributed by atoms with Gasteiger partial charge in [0.25, 0.3) is 0 Å². The van der Waals surface area contributed by atoms with E-state index in [1.807, 2.05) is 0 Å². The number of carbonyl (C=O) groups excluding carboxylic acids is 1. The lowest BCUT2D eigenvalue weighted by Gasteiger charge is -2.51. The second-order valence-electron chi connectivity index (χ2n) is 10.6. The molecule has 2 aromatic rings. The average molecular weight is 506 g/mol. The zero-order chi connectivity index (χ0) is 25.5. The van der Waals surface area contributed by atoms with E-state index in [0.717, 1.165) is 43.9 Å². The predicted molar refractivity (Wildman–Crippen MR) is 128 cm³/mol. The molecule has 5 rings (SSSR count). The minimum absolute atomic E-state index is 0.00670. The maximum Gasteiger partial charge on any atom is 0.321 e. The number of hydrogen-bond acceptors (Lipinski definition) is 3. The van der Waals surface area contributed by atoms with Gasteiger partial charge in [-0.1, -0.05) is 0 Å². The van der Waals surface area contributed by atoms with Crippen molar-refractivity contribution in [1.29, 1.82) is 0 Å². The van der Waals surface area contributed by atoms with E-state index in [0.29, 0.717) is 18.8 Å². The van der Waals surface area contributed by atoms with Crippen LogP contribution in [-0.2, 0) is 4.74 Å². The first kappa shape index (κ1) is 25.0. The number of carbonyl (C=O) groups is 1. The van der Waals surface area contributed by atoms with Gasteiger partial charge in [0.05, 0.1) is 17.5 Å². The molecule has 0 unspecified atom stereocenters. The van der Waals surface area contributed by atoms with Gasteiger partial charge < -0.3 is 15.0 Å². The van der Waals surface area contributed by atoms with Crippen LogP contribution in [0.1, 0.15) is 63.0 Å². The van der Waals surface area contributed by atoms with E-state index in [1.54, 1.807) is 12.0 Å². The maximum absolute atomic E-state index is 14.8. The van der Waals surface area contributed by atoms with Crippen molar-refractivity contribution in [2.24, 2.45) is 5.41 Å². The van der Waals surface area contributed by atoms with E-state index in [-0.39, 0.29) is 66.0 Å². The first-order valence-corrected chi connectivity index (χ1v) is 12.6. The molecule has 36 heavy (non-hydrogen) atoms. The van der Waals surface area contributed by atoms with Crippen molar-refractivity contribution in [3.05, 3.63) is 47.8 Å². The highest BCUT2D eigenvalue weighted by Crippen LogP contribution is 2.50. The van der Waals surface area contributed by atoms with E-state index in [4.69, 9.17) is 4.74 Å². The number of piperidine rings is 1. The molecule has 1 saturated heterocycles. The van der Waals surface area contributed by atoms with Gasteiger partial charge in [-0.15, -0.1) is 0 Å². The Morgan fingerprint density at radius 1 is 1.06 bits per heavy atom. The minimum Gasteiger partial charge on any atom is -0.381 e. The molecule has 9 heteroatoms. The molecule has 1 spiro atoms. The number of pyridine rings is 1.